The van der Waals surface area contributed by atoms with Crippen molar-refractivity contribution in [3.63, 3.8) is 0 Å². The van der Waals surface area contributed by atoms with Crippen molar-refractivity contribution in [2.24, 2.45) is 7.05 Å². The highest BCUT2D eigenvalue weighted by molar-refractivity contribution is 7.90. The van der Waals surface area contributed by atoms with E-state index in [2.05, 4.69) is 10.3 Å². The lowest BCUT2D eigenvalue weighted by Crippen LogP contribution is -2.05. The van der Waals surface area contributed by atoms with E-state index in [1.165, 1.54) is 12.3 Å². The lowest BCUT2D eigenvalue weighted by Gasteiger charge is -2.07. The number of hydrogen-bond donors (Lipinski definition) is 1. The molecule has 0 aliphatic rings. The van der Waals surface area contributed by atoms with E-state index in [1.54, 1.807) is 6.07 Å². The lowest BCUT2D eigenvalue weighted by molar-refractivity contribution is 0.598. The van der Waals surface area contributed by atoms with Gasteiger partial charge < -0.3 is 9.88 Å². The Labute approximate surface area is 106 Å². The molecule has 96 valence electrons. The SMILES string of the molecule is Cn1cccc1CNc1ccc(S(C)(=O)=O)nc1. The van der Waals surface area contributed by atoms with Crippen molar-refractivity contribution in [1.29, 1.82) is 0 Å². The van der Waals surface area contributed by atoms with Crippen LogP contribution >= 0.6 is 0 Å². The zero-order valence-electron chi connectivity index (χ0n) is 10.3. The molecular weight excluding hydrogens is 250 g/mol. The van der Waals surface area contributed by atoms with Gasteiger partial charge in [0.25, 0.3) is 0 Å². The van der Waals surface area contributed by atoms with Crippen LogP contribution in [0.2, 0.25) is 0 Å². The summed E-state index contributed by atoms with van der Waals surface area (Å²) in [5.41, 5.74) is 1.94. The zero-order valence-corrected chi connectivity index (χ0v) is 11.1. The molecule has 0 amide bonds. The number of aryl methyl sites for hydroxylation is 1. The van der Waals surface area contributed by atoms with Gasteiger partial charge in [-0.1, -0.05) is 0 Å². The maximum Gasteiger partial charge on any atom is 0.192 e. The first-order valence-electron chi connectivity index (χ1n) is 5.47. The highest BCUT2D eigenvalue weighted by Crippen LogP contribution is 2.11. The fourth-order valence-corrected chi connectivity index (χ4v) is 2.14. The van der Waals surface area contributed by atoms with Crippen LogP contribution in [0.4, 0.5) is 5.69 Å². The largest absolute Gasteiger partial charge is 0.378 e. The summed E-state index contributed by atoms with van der Waals surface area (Å²) in [6.07, 6.45) is 4.65. The molecule has 5 nitrogen and oxygen atoms in total. The standard InChI is InChI=1S/C12H15N3O2S/c1-15-7-3-4-11(15)9-13-10-5-6-12(14-8-10)18(2,16)17/h3-8,13H,9H2,1-2H3. The monoisotopic (exact) mass is 265 g/mol. The minimum atomic E-state index is -3.23. The van der Waals surface area contributed by atoms with Gasteiger partial charge in [0.2, 0.25) is 0 Å². The van der Waals surface area contributed by atoms with E-state index in [0.29, 0.717) is 6.54 Å². The van der Waals surface area contributed by atoms with Crippen LogP contribution in [-0.4, -0.2) is 24.2 Å². The first-order chi connectivity index (χ1) is 8.47. The summed E-state index contributed by atoms with van der Waals surface area (Å²) in [4.78, 5) is 3.92. The molecule has 18 heavy (non-hydrogen) atoms. The summed E-state index contributed by atoms with van der Waals surface area (Å²) in [7, 11) is -1.25. The van der Waals surface area contributed by atoms with Crippen molar-refractivity contribution in [3.8, 4) is 0 Å². The summed E-state index contributed by atoms with van der Waals surface area (Å²) in [5.74, 6) is 0. The first-order valence-corrected chi connectivity index (χ1v) is 7.36. The van der Waals surface area contributed by atoms with Crippen LogP contribution in [0.5, 0.6) is 0 Å². The molecule has 0 spiro atoms. The van der Waals surface area contributed by atoms with Gasteiger partial charge in [-0.3, -0.25) is 0 Å². The topological polar surface area (TPSA) is 64.0 Å². The molecular formula is C12H15N3O2S. The Hall–Kier alpha value is -1.82. The van der Waals surface area contributed by atoms with Gasteiger partial charge in [-0.05, 0) is 24.3 Å². The van der Waals surface area contributed by atoms with Crippen LogP contribution in [0.25, 0.3) is 0 Å². The summed E-state index contributed by atoms with van der Waals surface area (Å²) >= 11 is 0. The third kappa shape index (κ3) is 2.89. The summed E-state index contributed by atoms with van der Waals surface area (Å²) in [6, 6.07) is 7.21. The third-order valence-electron chi connectivity index (χ3n) is 2.64. The molecule has 0 saturated carbocycles. The number of aromatic nitrogens is 2. The van der Waals surface area contributed by atoms with Gasteiger partial charge in [-0.2, -0.15) is 0 Å². The molecule has 0 saturated heterocycles. The fraction of sp³-hybridized carbons (Fsp3) is 0.250. The fourth-order valence-electron chi connectivity index (χ4n) is 1.58. The lowest BCUT2D eigenvalue weighted by atomic mass is 10.4. The smallest absolute Gasteiger partial charge is 0.192 e. The molecule has 2 aromatic heterocycles. The van der Waals surface area contributed by atoms with E-state index >= 15 is 0 Å². The molecule has 2 heterocycles. The minimum absolute atomic E-state index is 0.0897. The maximum atomic E-state index is 11.2. The second kappa shape index (κ2) is 4.81. The van der Waals surface area contributed by atoms with E-state index in [0.717, 1.165) is 17.6 Å². The van der Waals surface area contributed by atoms with Gasteiger partial charge in [0.1, 0.15) is 0 Å². The number of sulfone groups is 1. The summed E-state index contributed by atoms with van der Waals surface area (Å²) < 4.78 is 24.5. The Morgan fingerprint density at radius 1 is 1.33 bits per heavy atom. The van der Waals surface area contributed by atoms with Gasteiger partial charge in [0.05, 0.1) is 18.4 Å². The molecule has 0 aliphatic carbocycles. The maximum absolute atomic E-state index is 11.2. The number of nitrogens with one attached hydrogen (secondary N) is 1. The highest BCUT2D eigenvalue weighted by Gasteiger charge is 2.07. The normalized spacial score (nSPS) is 11.4. The van der Waals surface area contributed by atoms with Gasteiger partial charge in [0, 0.05) is 25.2 Å². The number of nitrogens with zero attached hydrogens (tertiary/aromatic N) is 2. The predicted molar refractivity (Wildman–Crippen MR) is 70.1 cm³/mol. The van der Waals surface area contributed by atoms with Crippen molar-refractivity contribution in [1.82, 2.24) is 9.55 Å². The van der Waals surface area contributed by atoms with Crippen molar-refractivity contribution in [3.05, 3.63) is 42.4 Å². The molecule has 0 atom stereocenters. The van der Waals surface area contributed by atoms with Crippen molar-refractivity contribution < 1.29 is 8.42 Å². The van der Waals surface area contributed by atoms with E-state index < -0.39 is 9.84 Å². The second-order valence-corrected chi connectivity index (χ2v) is 6.08. The molecule has 0 aromatic carbocycles. The summed E-state index contributed by atoms with van der Waals surface area (Å²) in [6.45, 7) is 0.670. The Morgan fingerprint density at radius 2 is 2.11 bits per heavy atom. The predicted octanol–water partition coefficient (Wildman–Crippen LogP) is 1.44. The number of rotatable bonds is 4. The Balaban J connectivity index is 2.05. The van der Waals surface area contributed by atoms with Crippen LogP contribution in [0.15, 0.2) is 41.7 Å². The van der Waals surface area contributed by atoms with Crippen LogP contribution in [0.3, 0.4) is 0 Å². The Kier molecular flexibility index (Phi) is 3.38. The van der Waals surface area contributed by atoms with Gasteiger partial charge in [-0.25, -0.2) is 13.4 Å². The third-order valence-corrected chi connectivity index (χ3v) is 3.64. The first kappa shape index (κ1) is 12.6. The zero-order chi connectivity index (χ0) is 13.2. The van der Waals surface area contributed by atoms with Crippen molar-refractivity contribution in [2.75, 3.05) is 11.6 Å². The van der Waals surface area contributed by atoms with Crippen molar-refractivity contribution in [2.45, 2.75) is 11.6 Å². The minimum Gasteiger partial charge on any atom is -0.378 e. The quantitative estimate of drug-likeness (QED) is 0.908. The highest BCUT2D eigenvalue weighted by atomic mass is 32.2. The van der Waals surface area contributed by atoms with Crippen molar-refractivity contribution >= 4 is 15.5 Å². The van der Waals surface area contributed by atoms with E-state index in [9.17, 15) is 8.42 Å². The van der Waals surface area contributed by atoms with Crippen LogP contribution < -0.4 is 5.32 Å². The average molecular weight is 265 g/mol. The number of hydrogen-bond acceptors (Lipinski definition) is 4. The molecule has 0 bridgehead atoms. The van der Waals surface area contributed by atoms with E-state index in [1.807, 2.05) is 29.9 Å². The molecule has 0 aliphatic heterocycles. The number of anilines is 1. The number of pyridine rings is 1. The second-order valence-electron chi connectivity index (χ2n) is 4.12. The van der Waals surface area contributed by atoms with E-state index in [-0.39, 0.29) is 5.03 Å². The van der Waals surface area contributed by atoms with Crippen LogP contribution in [0.1, 0.15) is 5.69 Å². The Bertz CT molecular complexity index is 630. The van der Waals surface area contributed by atoms with Gasteiger partial charge in [-0.15, -0.1) is 0 Å². The van der Waals surface area contributed by atoms with Gasteiger partial charge in [0.15, 0.2) is 14.9 Å². The molecule has 0 unspecified atom stereocenters. The molecule has 2 aromatic rings. The molecule has 0 radical (unpaired) electrons. The average Bonchev–Trinajstić information content (AvgIpc) is 2.72. The molecule has 2 rings (SSSR count). The van der Waals surface area contributed by atoms with Crippen LogP contribution in [0, 0.1) is 0 Å². The Morgan fingerprint density at radius 3 is 2.61 bits per heavy atom. The summed E-state index contributed by atoms with van der Waals surface area (Å²) in [5, 5.41) is 3.28. The molecule has 1 N–H and O–H groups in total. The van der Waals surface area contributed by atoms with Crippen LogP contribution in [-0.2, 0) is 23.4 Å². The van der Waals surface area contributed by atoms with E-state index in [4.69, 9.17) is 0 Å². The van der Waals surface area contributed by atoms with Gasteiger partial charge >= 0.3 is 0 Å². The molecule has 0 fully saturated rings. The molecule has 6 heteroatoms.